The highest BCUT2D eigenvalue weighted by atomic mass is 19.1. The number of aromatic nitrogens is 1. The summed E-state index contributed by atoms with van der Waals surface area (Å²) < 4.78 is 34.5. The van der Waals surface area contributed by atoms with Crippen LogP contribution in [0.1, 0.15) is 67.6 Å². The number of pyridine rings is 1. The molecular weight excluding hydrogens is 826 g/mol. The highest BCUT2D eigenvalue weighted by molar-refractivity contribution is 6.24. The maximum atomic E-state index is 16.0. The molecule has 1 aromatic heterocycles. The van der Waals surface area contributed by atoms with Crippen LogP contribution < -0.4 is 30.9 Å². The van der Waals surface area contributed by atoms with Gasteiger partial charge in [0.2, 0.25) is 11.2 Å². The fraction of sp³-hybridized carbons (Fsp3) is 0.455. The maximum absolute atomic E-state index is 16.0. The first-order valence-corrected chi connectivity index (χ1v) is 20.5. The summed E-state index contributed by atoms with van der Waals surface area (Å²) >= 11 is 0. The number of Topliss-reactive ketones (excluding diaryl/α,β-unsaturated/α-hetero) is 2. The summed E-state index contributed by atoms with van der Waals surface area (Å²) in [6, 6.07) is 3.66. The van der Waals surface area contributed by atoms with Gasteiger partial charge in [-0.1, -0.05) is 12.1 Å². The van der Waals surface area contributed by atoms with Crippen LogP contribution in [0.15, 0.2) is 52.2 Å². The fourth-order valence-corrected chi connectivity index (χ4v) is 9.89. The molecule has 0 spiro atoms. The molecule has 7 atom stereocenters. The topological polar surface area (TPSA) is 260 Å². The Morgan fingerprint density at radius 1 is 1.11 bits per heavy atom. The molecule has 1 saturated heterocycles. The zero-order valence-corrected chi connectivity index (χ0v) is 35.4. The number of likely N-dealkylation sites (N-methyl/N-ethyl adjacent to an activating group) is 1. The molecule has 5 aliphatic rings. The number of methoxy groups -OCH3 is 1. The minimum atomic E-state index is -2.95. The summed E-state index contributed by atoms with van der Waals surface area (Å²) in [6.07, 6.45) is 0.667. The number of benzene rings is 2. The summed E-state index contributed by atoms with van der Waals surface area (Å²) in [5.74, 6) is -11.9. The molecule has 4 aliphatic carbocycles. The van der Waals surface area contributed by atoms with E-state index in [9.17, 15) is 49.2 Å². The highest BCUT2D eigenvalue weighted by Crippen LogP contribution is 2.57. The molecule has 3 aromatic rings. The van der Waals surface area contributed by atoms with Crippen molar-refractivity contribution in [3.05, 3.63) is 80.1 Å². The number of ether oxygens (including phenoxy) is 3. The number of amides is 1. The number of hydrogen-bond acceptors (Lipinski definition) is 16. The first kappa shape index (κ1) is 43.5. The number of aliphatic hydroxyl groups excluding tert-OH is 2. The number of nitrogens with zero attached hydrogens (tertiary/aromatic N) is 3. The van der Waals surface area contributed by atoms with E-state index in [1.165, 1.54) is 64.3 Å². The lowest BCUT2D eigenvalue weighted by molar-refractivity contribution is -0.159. The molecule has 7 N–H and O–H groups in total. The minimum Gasteiger partial charge on any atom is -0.508 e. The number of esters is 2. The van der Waals surface area contributed by atoms with Gasteiger partial charge in [0.05, 0.1) is 35.2 Å². The van der Waals surface area contributed by atoms with Gasteiger partial charge in [0.1, 0.15) is 34.1 Å². The number of fused-ring (bicyclic) bond motifs is 4. The summed E-state index contributed by atoms with van der Waals surface area (Å²) in [7, 11) is 4.30. The van der Waals surface area contributed by atoms with Crippen molar-refractivity contribution in [3.8, 4) is 11.5 Å². The lowest BCUT2D eigenvalue weighted by atomic mass is 9.54. The van der Waals surface area contributed by atoms with E-state index in [1.807, 2.05) is 11.8 Å². The van der Waals surface area contributed by atoms with Crippen molar-refractivity contribution < 1.29 is 63.0 Å². The SMILES string of the molecule is COc1c(N2CCN[C@H](C)C2)c(F)cc2c(=O)c(C(=O)OC(C)C(=O)Oc3cccc4c3C(O)=C3C(=O)C5(O)C(O)=C(C(N)=O)C(=O)C(N(C)C)C5CC3C4(C)O)cn(C3CC3)c12. The Kier molecular flexibility index (Phi) is 10.6. The number of primary amides is 1. The van der Waals surface area contributed by atoms with E-state index in [0.29, 0.717) is 38.0 Å². The number of halogens is 1. The van der Waals surface area contributed by atoms with E-state index in [4.69, 9.17) is 19.9 Å². The zero-order valence-electron chi connectivity index (χ0n) is 35.4. The third kappa shape index (κ3) is 6.58. The van der Waals surface area contributed by atoms with Crippen molar-refractivity contribution in [2.45, 2.75) is 75.5 Å². The van der Waals surface area contributed by atoms with Crippen LogP contribution >= 0.6 is 0 Å². The lowest BCUT2D eigenvalue weighted by Crippen LogP contribution is -2.67. The van der Waals surface area contributed by atoms with Crippen LogP contribution in [0.2, 0.25) is 0 Å². The van der Waals surface area contributed by atoms with Crippen molar-refractivity contribution in [1.29, 1.82) is 0 Å². The zero-order chi connectivity index (χ0) is 45.8. The number of carbonyl (C=O) groups is 5. The van der Waals surface area contributed by atoms with Gasteiger partial charge in [0.25, 0.3) is 5.91 Å². The Balaban J connectivity index is 1.12. The number of ketones is 2. The van der Waals surface area contributed by atoms with Crippen LogP contribution in [0.5, 0.6) is 11.5 Å². The number of piperazine rings is 1. The lowest BCUT2D eigenvalue weighted by Gasteiger charge is -2.53. The first-order valence-electron chi connectivity index (χ1n) is 20.5. The van der Waals surface area contributed by atoms with Gasteiger partial charge >= 0.3 is 11.9 Å². The summed E-state index contributed by atoms with van der Waals surface area (Å²) in [4.78, 5) is 84.8. The quantitative estimate of drug-likeness (QED) is 0.102. The minimum absolute atomic E-state index is 0.0165. The fourth-order valence-electron chi connectivity index (χ4n) is 9.89. The van der Waals surface area contributed by atoms with E-state index in [2.05, 4.69) is 5.32 Å². The number of anilines is 1. The molecule has 8 rings (SSSR count). The molecule has 334 valence electrons. The molecule has 1 amide bonds. The average Bonchev–Trinajstić information content (AvgIpc) is 4.06. The van der Waals surface area contributed by atoms with Crippen LogP contribution in [0.25, 0.3) is 16.7 Å². The third-order valence-corrected chi connectivity index (χ3v) is 13.1. The van der Waals surface area contributed by atoms with Gasteiger partial charge in [0, 0.05) is 55.3 Å². The molecule has 3 fully saturated rings. The molecule has 2 aromatic carbocycles. The Bertz CT molecular complexity index is 2670. The second-order valence-corrected chi connectivity index (χ2v) is 17.4. The predicted octanol–water partition coefficient (Wildman–Crippen LogP) is 1.67. The van der Waals surface area contributed by atoms with Gasteiger partial charge in [-0.3, -0.25) is 24.1 Å². The number of rotatable bonds is 9. The van der Waals surface area contributed by atoms with Gasteiger partial charge < -0.3 is 55.2 Å². The Morgan fingerprint density at radius 2 is 1.81 bits per heavy atom. The van der Waals surface area contributed by atoms with Gasteiger partial charge in [-0.05, 0) is 71.8 Å². The van der Waals surface area contributed by atoms with Gasteiger partial charge in [-0.15, -0.1) is 0 Å². The largest absolute Gasteiger partial charge is 0.508 e. The van der Waals surface area contributed by atoms with Crippen molar-refractivity contribution in [2.24, 2.45) is 17.6 Å². The first-order chi connectivity index (χ1) is 29.7. The van der Waals surface area contributed by atoms with Gasteiger partial charge in [0.15, 0.2) is 29.1 Å². The normalized spacial score (nSPS) is 27.5. The second kappa shape index (κ2) is 15.3. The predicted molar refractivity (Wildman–Crippen MR) is 222 cm³/mol. The Labute approximate surface area is 359 Å². The van der Waals surface area contributed by atoms with Crippen LogP contribution in [0.4, 0.5) is 10.1 Å². The number of hydrogen-bond donors (Lipinski definition) is 6. The van der Waals surface area contributed by atoms with Crippen molar-refractivity contribution >= 4 is 51.8 Å². The molecule has 2 saturated carbocycles. The molecule has 18 nitrogen and oxygen atoms in total. The van der Waals surface area contributed by atoms with E-state index >= 15 is 4.39 Å². The second-order valence-electron chi connectivity index (χ2n) is 17.4. The molecule has 2 heterocycles. The summed E-state index contributed by atoms with van der Waals surface area (Å²) in [6.45, 7) is 6.03. The van der Waals surface area contributed by atoms with E-state index in [-0.39, 0.29) is 46.5 Å². The van der Waals surface area contributed by atoms with Crippen LogP contribution in [-0.4, -0.2) is 124 Å². The van der Waals surface area contributed by atoms with Crippen molar-refractivity contribution in [1.82, 2.24) is 14.8 Å². The summed E-state index contributed by atoms with van der Waals surface area (Å²) in [5, 5.41) is 50.4. The monoisotopic (exact) mass is 873 g/mol. The number of aliphatic hydroxyl groups is 4. The van der Waals surface area contributed by atoms with Crippen molar-refractivity contribution in [3.63, 3.8) is 0 Å². The molecular formula is C44H48FN5O13. The standard InChI is InChI=1S/C44H48FN5O13/c1-18-16-49(13-12-47-18)33-26(45)14-21-31(37(33)61-6)50(20-10-11-20)17-22(34(21)51)42(58)62-19(2)41(57)63-27-9-7-8-23-28(27)35(52)29-24(43(23,3)59)15-25-32(48(4)5)36(53)30(40(46)56)39(55)44(25,60)38(29)54/h7-9,14,17-20,24-25,32,47,52,55,59-60H,10-13,15-16H2,1-6H3,(H2,46,56)/t18-,19?,24?,25?,32?,43?,44?/m1/s1. The molecule has 63 heavy (non-hydrogen) atoms. The highest BCUT2D eigenvalue weighted by Gasteiger charge is 2.66. The van der Waals surface area contributed by atoms with E-state index in [1.54, 1.807) is 4.57 Å². The summed E-state index contributed by atoms with van der Waals surface area (Å²) in [5.41, 5.74) is -2.34. The third-order valence-electron chi connectivity index (χ3n) is 13.1. The molecule has 1 aliphatic heterocycles. The Hall–Kier alpha value is -6.15. The molecule has 6 unspecified atom stereocenters. The van der Waals surface area contributed by atoms with Crippen LogP contribution in [0.3, 0.4) is 0 Å². The van der Waals surface area contributed by atoms with Gasteiger partial charge in [-0.25, -0.2) is 14.0 Å². The number of carbonyl (C=O) groups excluding carboxylic acids is 5. The Morgan fingerprint density at radius 3 is 2.43 bits per heavy atom. The molecule has 0 radical (unpaired) electrons. The van der Waals surface area contributed by atoms with Gasteiger partial charge in [-0.2, -0.15) is 0 Å². The smallest absolute Gasteiger partial charge is 0.352 e. The average molecular weight is 874 g/mol. The van der Waals surface area contributed by atoms with E-state index in [0.717, 1.165) is 6.07 Å². The van der Waals surface area contributed by atoms with Crippen LogP contribution in [0, 0.1) is 17.7 Å². The molecule has 19 heteroatoms. The number of nitrogens with one attached hydrogen (secondary N) is 1. The molecule has 0 bridgehead atoms. The maximum Gasteiger partial charge on any atom is 0.352 e. The van der Waals surface area contributed by atoms with Crippen molar-refractivity contribution in [2.75, 3.05) is 45.7 Å². The number of nitrogens with two attached hydrogens (primary N) is 1. The van der Waals surface area contributed by atoms with E-state index < -0.39 is 110 Å². The van der Waals surface area contributed by atoms with Crippen LogP contribution in [-0.2, 0) is 29.5 Å².